The first-order valence-corrected chi connectivity index (χ1v) is 7.70. The molecule has 0 aliphatic carbocycles. The molecule has 22 heavy (non-hydrogen) atoms. The molecule has 0 unspecified atom stereocenters. The van der Waals surface area contributed by atoms with Crippen LogP contribution in [0.15, 0.2) is 24.3 Å². The lowest BCUT2D eigenvalue weighted by Gasteiger charge is -2.25. The van der Waals surface area contributed by atoms with Crippen molar-refractivity contribution in [3.05, 3.63) is 29.8 Å². The van der Waals surface area contributed by atoms with Gasteiger partial charge in [0.15, 0.2) is 0 Å². The highest BCUT2D eigenvalue weighted by Gasteiger charge is 2.51. The van der Waals surface area contributed by atoms with E-state index in [1.165, 1.54) is 0 Å². The van der Waals surface area contributed by atoms with Gasteiger partial charge in [0.05, 0.1) is 13.2 Å². The number of nitrogens with zero attached hydrogens (tertiary/aromatic N) is 1. The first-order chi connectivity index (χ1) is 10.4. The summed E-state index contributed by atoms with van der Waals surface area (Å²) in [5.74, 6) is 0.712. The van der Waals surface area contributed by atoms with Gasteiger partial charge in [0.25, 0.3) is 0 Å². The summed E-state index contributed by atoms with van der Waals surface area (Å²) < 4.78 is 11.4. The average molecular weight is 305 g/mol. The van der Waals surface area contributed by atoms with Crippen molar-refractivity contribution in [1.82, 2.24) is 4.90 Å². The molecule has 0 bridgehead atoms. The third-order valence-corrected chi connectivity index (χ3v) is 4.14. The lowest BCUT2D eigenvalue weighted by molar-refractivity contribution is 0.0645. The molecule has 0 radical (unpaired) electrons. The van der Waals surface area contributed by atoms with Crippen molar-refractivity contribution in [1.29, 1.82) is 0 Å². The normalized spacial score (nSPS) is 26.4. The summed E-state index contributed by atoms with van der Waals surface area (Å²) in [5.41, 5.74) is 0.922. The fraction of sp³-hybridized carbons (Fsp3) is 0.588. The second-order valence-electron chi connectivity index (χ2n) is 7.28. The van der Waals surface area contributed by atoms with E-state index in [0.29, 0.717) is 13.2 Å². The Morgan fingerprint density at radius 1 is 1.41 bits per heavy atom. The Kier molecular flexibility index (Phi) is 3.77. The van der Waals surface area contributed by atoms with Crippen LogP contribution in [0.1, 0.15) is 32.4 Å². The van der Waals surface area contributed by atoms with Gasteiger partial charge in [-0.3, -0.25) is 4.90 Å². The van der Waals surface area contributed by atoms with E-state index in [2.05, 4.69) is 0 Å². The molecule has 120 valence electrons. The van der Waals surface area contributed by atoms with Crippen LogP contribution in [0.2, 0.25) is 0 Å². The van der Waals surface area contributed by atoms with Gasteiger partial charge in [0.1, 0.15) is 17.9 Å². The Labute approximate surface area is 130 Å². The molecule has 2 heterocycles. The standard InChI is InChI=1S/C17H23NO4/c1-17(2,3)10-21-16(20)18-8-11(9-19)15-14(18)12-6-4-5-7-13(12)22-15/h4-7,11,14-15,19H,8-10H2,1-3H3/t11-,14-,15-/m0/s1. The van der Waals surface area contributed by atoms with E-state index in [1.807, 2.05) is 45.0 Å². The first kappa shape index (κ1) is 15.2. The quantitative estimate of drug-likeness (QED) is 0.912. The number of carbonyl (C=O) groups excluding carboxylic acids is 1. The Balaban J connectivity index is 1.81. The van der Waals surface area contributed by atoms with Gasteiger partial charge in [-0.15, -0.1) is 0 Å². The Bertz CT molecular complexity index is 566. The fourth-order valence-corrected chi connectivity index (χ4v) is 3.10. The van der Waals surface area contributed by atoms with Gasteiger partial charge in [0, 0.05) is 18.0 Å². The molecular formula is C17H23NO4. The van der Waals surface area contributed by atoms with Gasteiger partial charge in [-0.2, -0.15) is 0 Å². The summed E-state index contributed by atoms with van der Waals surface area (Å²) in [6.45, 7) is 6.90. The lowest BCUT2D eigenvalue weighted by atomic mass is 9.99. The topological polar surface area (TPSA) is 59.0 Å². The van der Waals surface area contributed by atoms with Crippen molar-refractivity contribution in [2.24, 2.45) is 11.3 Å². The molecule has 3 rings (SSSR count). The fourth-order valence-electron chi connectivity index (χ4n) is 3.10. The molecule has 3 atom stereocenters. The van der Waals surface area contributed by atoms with Gasteiger partial charge in [-0.1, -0.05) is 39.0 Å². The van der Waals surface area contributed by atoms with Gasteiger partial charge in [-0.05, 0) is 11.5 Å². The van der Waals surface area contributed by atoms with Crippen LogP contribution in [0.4, 0.5) is 4.79 Å². The molecule has 1 saturated heterocycles. The Morgan fingerprint density at radius 3 is 2.82 bits per heavy atom. The second-order valence-corrected chi connectivity index (χ2v) is 7.28. The zero-order chi connectivity index (χ0) is 15.9. The maximum Gasteiger partial charge on any atom is 0.410 e. The van der Waals surface area contributed by atoms with Crippen LogP contribution in [0.5, 0.6) is 5.75 Å². The number of fused-ring (bicyclic) bond motifs is 3. The number of amides is 1. The van der Waals surface area contributed by atoms with Gasteiger partial charge >= 0.3 is 6.09 Å². The van der Waals surface area contributed by atoms with Crippen LogP contribution in [-0.4, -0.2) is 42.0 Å². The van der Waals surface area contributed by atoms with Crippen molar-refractivity contribution in [2.45, 2.75) is 32.9 Å². The predicted octanol–water partition coefficient (Wildman–Crippen LogP) is 2.60. The molecule has 1 N–H and O–H groups in total. The van der Waals surface area contributed by atoms with Crippen LogP contribution in [0.3, 0.4) is 0 Å². The van der Waals surface area contributed by atoms with Crippen LogP contribution in [0.25, 0.3) is 0 Å². The first-order valence-electron chi connectivity index (χ1n) is 7.70. The van der Waals surface area contributed by atoms with E-state index >= 15 is 0 Å². The molecule has 0 spiro atoms. The molecule has 1 aromatic rings. The summed E-state index contributed by atoms with van der Waals surface area (Å²) in [4.78, 5) is 14.2. The molecule has 0 aromatic heterocycles. The molecular weight excluding hydrogens is 282 g/mol. The van der Waals surface area contributed by atoms with E-state index in [1.54, 1.807) is 4.90 Å². The Morgan fingerprint density at radius 2 is 2.14 bits per heavy atom. The van der Waals surface area contributed by atoms with E-state index in [0.717, 1.165) is 11.3 Å². The third kappa shape index (κ3) is 2.65. The number of rotatable bonds is 2. The predicted molar refractivity (Wildman–Crippen MR) is 81.7 cm³/mol. The van der Waals surface area contributed by atoms with Crippen molar-refractivity contribution in [3.8, 4) is 5.75 Å². The maximum atomic E-state index is 12.5. The molecule has 5 nitrogen and oxygen atoms in total. The summed E-state index contributed by atoms with van der Waals surface area (Å²) in [5, 5.41) is 9.59. The monoisotopic (exact) mass is 305 g/mol. The van der Waals surface area contributed by atoms with Crippen molar-refractivity contribution in [2.75, 3.05) is 19.8 Å². The van der Waals surface area contributed by atoms with Crippen molar-refractivity contribution < 1.29 is 19.4 Å². The zero-order valence-electron chi connectivity index (χ0n) is 13.3. The van der Waals surface area contributed by atoms with Gasteiger partial charge in [0.2, 0.25) is 0 Å². The smallest absolute Gasteiger partial charge is 0.410 e. The minimum absolute atomic E-state index is 0.00178. The van der Waals surface area contributed by atoms with Crippen LogP contribution in [0, 0.1) is 11.3 Å². The second kappa shape index (κ2) is 5.47. The number of benzene rings is 1. The van der Waals surface area contributed by atoms with E-state index < -0.39 is 0 Å². The SMILES string of the molecule is CC(C)(C)COC(=O)N1C[C@@H](CO)[C@@H]2Oc3ccccc3[C@@H]21. The van der Waals surface area contributed by atoms with Crippen LogP contribution >= 0.6 is 0 Å². The number of likely N-dealkylation sites (tertiary alicyclic amines) is 1. The molecule has 0 saturated carbocycles. The summed E-state index contributed by atoms with van der Waals surface area (Å²) in [7, 11) is 0. The number of para-hydroxylation sites is 1. The maximum absolute atomic E-state index is 12.5. The Hall–Kier alpha value is -1.75. The molecule has 2 aliphatic rings. The van der Waals surface area contributed by atoms with Crippen molar-refractivity contribution in [3.63, 3.8) is 0 Å². The number of hydrogen-bond donors (Lipinski definition) is 1. The van der Waals surface area contributed by atoms with Crippen LogP contribution < -0.4 is 4.74 Å². The molecule has 1 fully saturated rings. The molecule has 2 aliphatic heterocycles. The van der Waals surface area contributed by atoms with Crippen molar-refractivity contribution >= 4 is 6.09 Å². The molecule has 1 aromatic carbocycles. The van der Waals surface area contributed by atoms with Gasteiger partial charge in [-0.25, -0.2) is 4.79 Å². The molecule has 5 heteroatoms. The summed E-state index contributed by atoms with van der Waals surface area (Å²) in [6.07, 6.45) is -0.522. The third-order valence-electron chi connectivity index (χ3n) is 4.14. The number of carbonyl (C=O) groups is 1. The lowest BCUT2D eigenvalue weighted by Crippen LogP contribution is -2.34. The van der Waals surface area contributed by atoms with E-state index in [9.17, 15) is 9.90 Å². The number of aliphatic hydroxyl groups excluding tert-OH is 1. The summed E-state index contributed by atoms with van der Waals surface area (Å²) >= 11 is 0. The van der Waals surface area contributed by atoms with Gasteiger partial charge < -0.3 is 14.6 Å². The highest BCUT2D eigenvalue weighted by Crippen LogP contribution is 2.47. The highest BCUT2D eigenvalue weighted by molar-refractivity contribution is 5.70. The van der Waals surface area contributed by atoms with E-state index in [-0.39, 0.29) is 36.2 Å². The number of ether oxygens (including phenoxy) is 2. The summed E-state index contributed by atoms with van der Waals surface area (Å²) in [6, 6.07) is 7.57. The zero-order valence-corrected chi connectivity index (χ0v) is 13.3. The number of hydrogen-bond acceptors (Lipinski definition) is 4. The average Bonchev–Trinajstić information content (AvgIpc) is 3.00. The number of aliphatic hydroxyl groups is 1. The van der Waals surface area contributed by atoms with Crippen LogP contribution in [-0.2, 0) is 4.74 Å². The van der Waals surface area contributed by atoms with E-state index in [4.69, 9.17) is 9.47 Å². The minimum Gasteiger partial charge on any atom is -0.487 e. The minimum atomic E-state index is -0.332. The molecule has 1 amide bonds. The largest absolute Gasteiger partial charge is 0.487 e. The highest BCUT2D eigenvalue weighted by atomic mass is 16.6.